The van der Waals surface area contributed by atoms with E-state index in [0.29, 0.717) is 40.9 Å². The Labute approximate surface area is 295 Å². The fourth-order valence-electron chi connectivity index (χ4n) is 6.88. The first-order valence-electron chi connectivity index (χ1n) is 16.4. The number of nitrogens with zero attached hydrogens (tertiary/aromatic N) is 2. The lowest BCUT2D eigenvalue weighted by Gasteiger charge is -2.31. The average Bonchev–Trinajstić information content (AvgIpc) is 3.46. The molecule has 0 saturated heterocycles. The van der Waals surface area contributed by atoms with Gasteiger partial charge >= 0.3 is 12.1 Å². The van der Waals surface area contributed by atoms with Crippen molar-refractivity contribution < 1.29 is 33.4 Å². The van der Waals surface area contributed by atoms with Crippen LogP contribution in [0.2, 0.25) is 0 Å². The van der Waals surface area contributed by atoms with Crippen molar-refractivity contribution in [3.63, 3.8) is 0 Å². The molecule has 2 atom stereocenters. The average molecular weight is 718 g/mol. The van der Waals surface area contributed by atoms with Gasteiger partial charge in [-0.3, -0.25) is 9.59 Å². The molecule has 13 heteroatoms. The van der Waals surface area contributed by atoms with Gasteiger partial charge in [0, 0.05) is 32.9 Å². The van der Waals surface area contributed by atoms with Crippen LogP contribution in [0.25, 0.3) is 22.3 Å². The molecule has 0 bridgehead atoms. The first-order valence-corrected chi connectivity index (χ1v) is 18.6. The summed E-state index contributed by atoms with van der Waals surface area (Å²) >= 11 is 0. The predicted octanol–water partition coefficient (Wildman–Crippen LogP) is 6.75. The maximum absolute atomic E-state index is 15.2. The van der Waals surface area contributed by atoms with E-state index in [2.05, 4.69) is 5.32 Å². The van der Waals surface area contributed by atoms with E-state index in [4.69, 9.17) is 14.5 Å². The highest BCUT2D eigenvalue weighted by Gasteiger charge is 2.46. The van der Waals surface area contributed by atoms with Crippen molar-refractivity contribution in [3.8, 4) is 11.4 Å². The fraction of sp³-hybridized carbons (Fsp3) is 0.378. The number of benzene rings is 2. The monoisotopic (exact) mass is 717 g/mol. The van der Waals surface area contributed by atoms with Crippen molar-refractivity contribution >= 4 is 49.7 Å². The maximum atomic E-state index is 15.2. The van der Waals surface area contributed by atoms with Gasteiger partial charge in [0.1, 0.15) is 19.0 Å². The molecule has 3 aliphatic rings. The predicted molar refractivity (Wildman–Crippen MR) is 188 cm³/mol. The molecule has 2 N–H and O–H groups in total. The number of cyclic esters (lactones) is 1. The molecule has 4 aromatic rings. The van der Waals surface area contributed by atoms with Gasteiger partial charge in [0.05, 0.1) is 35.1 Å². The van der Waals surface area contributed by atoms with Crippen LogP contribution in [-0.4, -0.2) is 31.8 Å². The lowest BCUT2D eigenvalue weighted by atomic mass is 9.81. The summed E-state index contributed by atoms with van der Waals surface area (Å²) in [6.45, 7) is 8.91. The number of pyridine rings is 2. The fourth-order valence-corrected chi connectivity index (χ4v) is 9.15. The van der Waals surface area contributed by atoms with Crippen LogP contribution in [0.1, 0.15) is 85.5 Å². The van der Waals surface area contributed by atoms with Crippen LogP contribution in [0, 0.1) is 18.2 Å². The first kappa shape index (κ1) is 34.3. The van der Waals surface area contributed by atoms with Crippen molar-refractivity contribution in [1.29, 1.82) is 0 Å². The molecule has 0 radical (unpaired) electrons. The summed E-state index contributed by atoms with van der Waals surface area (Å²) in [6, 6.07) is 9.91. The number of aliphatic hydroxyl groups is 1. The maximum Gasteiger partial charge on any atom is 0.407 e. The molecule has 2 aromatic carbocycles. The van der Waals surface area contributed by atoms with E-state index in [1.165, 1.54) is 32.2 Å². The third-order valence-corrected chi connectivity index (χ3v) is 12.4. The third kappa shape index (κ3) is 5.68. The largest absolute Gasteiger partial charge is 0.458 e. The highest BCUT2D eigenvalue weighted by atomic mass is 33.1. The van der Waals surface area contributed by atoms with Crippen LogP contribution in [0.4, 0.5) is 9.18 Å². The molecule has 1 aliphatic carbocycles. The van der Waals surface area contributed by atoms with Crippen LogP contribution < -0.4 is 10.9 Å². The number of ether oxygens (including phenoxy) is 2. The molecule has 50 heavy (non-hydrogen) atoms. The van der Waals surface area contributed by atoms with E-state index >= 15 is 4.39 Å². The summed E-state index contributed by atoms with van der Waals surface area (Å²) in [5, 5.41) is 15.1. The number of esters is 1. The smallest absolute Gasteiger partial charge is 0.407 e. The molecular weight excluding hydrogens is 682 g/mol. The lowest BCUT2D eigenvalue weighted by molar-refractivity contribution is -0.172. The standard InChI is InChI=1S/C37H36FN3O7S2/c1-6-37(46)24-13-28-31-22(15-41(28)32(42)23(24)17-47-33(37)43)30-26(12-11-21-18(2)25(38)14-27(39-31)29(21)30)40-35(45)48-16-19-7-9-20(10-8-19)49-50-34(44)36(3,4)5/h7-10,13-14,26,46H,6,11-12,15-17H2,1-5H3,(H,40,45)/t26-,37-/m0/s1. The van der Waals surface area contributed by atoms with Gasteiger partial charge in [0.25, 0.3) is 5.56 Å². The number of nitrogens with one attached hydrogen (secondary N) is 1. The SMILES string of the molecule is CC[C@@]1(O)C(=O)OCc2c1cc1n(c2=O)Cc2c-1nc1cc(F)c(C)c3c1c2[C@@H](NC(=O)OCc1ccc(SSC(=O)C(C)(C)C)cc1)CC3. The zero-order chi connectivity index (χ0) is 35.7. The Bertz CT molecular complexity index is 2180. The normalized spacial score (nSPS) is 19.0. The second-order valence-electron chi connectivity index (χ2n) is 14.0. The Morgan fingerprint density at radius 2 is 1.90 bits per heavy atom. The Morgan fingerprint density at radius 3 is 2.60 bits per heavy atom. The second kappa shape index (κ2) is 12.5. The van der Waals surface area contributed by atoms with Crippen LogP contribution in [0.15, 0.2) is 46.1 Å². The molecule has 2 aliphatic heterocycles. The van der Waals surface area contributed by atoms with Crippen LogP contribution in [0.5, 0.6) is 0 Å². The minimum Gasteiger partial charge on any atom is -0.458 e. The van der Waals surface area contributed by atoms with Gasteiger partial charge in [-0.15, -0.1) is 0 Å². The molecule has 0 saturated carbocycles. The number of carbonyl (C=O) groups excluding carboxylic acids is 3. The molecule has 0 unspecified atom stereocenters. The summed E-state index contributed by atoms with van der Waals surface area (Å²) in [6.07, 6.45) is 0.340. The Kier molecular flexibility index (Phi) is 8.59. The van der Waals surface area contributed by atoms with Crippen molar-refractivity contribution in [2.45, 2.75) is 90.2 Å². The van der Waals surface area contributed by atoms with Crippen molar-refractivity contribution in [2.75, 3.05) is 0 Å². The van der Waals surface area contributed by atoms with Gasteiger partial charge in [-0.25, -0.2) is 19.0 Å². The van der Waals surface area contributed by atoms with E-state index in [1.807, 2.05) is 45.0 Å². The zero-order valence-electron chi connectivity index (χ0n) is 28.3. The number of amides is 1. The Hall–Kier alpha value is -4.20. The van der Waals surface area contributed by atoms with Gasteiger partial charge in [-0.05, 0) is 88.2 Å². The van der Waals surface area contributed by atoms with E-state index in [-0.39, 0.29) is 42.4 Å². The molecule has 0 spiro atoms. The molecule has 1 amide bonds. The number of carbonyl (C=O) groups is 3. The number of alkyl carbamates (subject to hydrolysis) is 1. The van der Waals surface area contributed by atoms with Crippen molar-refractivity contribution in [2.24, 2.45) is 5.41 Å². The summed E-state index contributed by atoms with van der Waals surface area (Å²) in [5.41, 5.74) is 2.33. The summed E-state index contributed by atoms with van der Waals surface area (Å²) < 4.78 is 27.6. The van der Waals surface area contributed by atoms with Gasteiger partial charge < -0.3 is 24.5 Å². The number of rotatable bonds is 6. The van der Waals surface area contributed by atoms with Gasteiger partial charge in [-0.1, -0.05) is 39.8 Å². The number of aryl methyl sites for hydroxylation is 1. The minimum atomic E-state index is -1.98. The molecular formula is C37H36FN3O7S2. The van der Waals surface area contributed by atoms with Crippen LogP contribution in [0.3, 0.4) is 0 Å². The molecule has 260 valence electrons. The van der Waals surface area contributed by atoms with E-state index < -0.39 is 40.5 Å². The van der Waals surface area contributed by atoms with E-state index in [9.17, 15) is 24.3 Å². The molecule has 2 aromatic heterocycles. The van der Waals surface area contributed by atoms with E-state index in [1.54, 1.807) is 19.9 Å². The number of hydrogen-bond acceptors (Lipinski definition) is 10. The highest BCUT2D eigenvalue weighted by molar-refractivity contribution is 8.82. The van der Waals surface area contributed by atoms with E-state index in [0.717, 1.165) is 27.0 Å². The number of aromatic nitrogens is 2. The minimum absolute atomic E-state index is 0.00751. The first-order chi connectivity index (χ1) is 23.7. The van der Waals surface area contributed by atoms with Crippen molar-refractivity contribution in [3.05, 3.63) is 91.5 Å². The summed E-state index contributed by atoms with van der Waals surface area (Å²) in [7, 11) is 2.58. The third-order valence-electron chi connectivity index (χ3n) is 9.79. The molecule has 4 heterocycles. The number of halogens is 1. The lowest BCUT2D eigenvalue weighted by Crippen LogP contribution is -2.44. The van der Waals surface area contributed by atoms with Gasteiger partial charge in [0.2, 0.25) is 5.12 Å². The Balaban J connectivity index is 1.18. The topological polar surface area (TPSA) is 137 Å². The van der Waals surface area contributed by atoms with Gasteiger partial charge in [-0.2, -0.15) is 0 Å². The quantitative estimate of drug-likeness (QED) is 0.143. The summed E-state index contributed by atoms with van der Waals surface area (Å²) in [5.74, 6) is -1.22. The number of hydrogen-bond donors (Lipinski definition) is 2. The Morgan fingerprint density at radius 1 is 1.16 bits per heavy atom. The molecule has 7 rings (SSSR count). The van der Waals surface area contributed by atoms with Crippen molar-refractivity contribution in [1.82, 2.24) is 14.9 Å². The summed E-state index contributed by atoms with van der Waals surface area (Å²) in [4.78, 5) is 57.8. The zero-order valence-corrected chi connectivity index (χ0v) is 29.9. The molecule has 0 fully saturated rings. The van der Waals surface area contributed by atoms with Crippen LogP contribution >= 0.6 is 21.6 Å². The second-order valence-corrected chi connectivity index (χ2v) is 16.1. The highest BCUT2D eigenvalue weighted by Crippen LogP contribution is 2.46. The van der Waals surface area contributed by atoms with Crippen LogP contribution in [-0.2, 0) is 50.8 Å². The molecule has 10 nitrogen and oxygen atoms in total. The number of fused-ring (bicyclic) bond motifs is 5. The van der Waals surface area contributed by atoms with Gasteiger partial charge in [0.15, 0.2) is 5.60 Å².